The molecule has 6 nitrogen and oxygen atoms in total. The zero-order valence-electron chi connectivity index (χ0n) is 15.2. The Balaban J connectivity index is 2.39. The third kappa shape index (κ3) is 5.82. The Kier molecular flexibility index (Phi) is 6.31. The van der Waals surface area contributed by atoms with Crippen LogP contribution in [0, 0.1) is 11.3 Å². The van der Waals surface area contributed by atoms with Gasteiger partial charge in [-0.25, -0.2) is 0 Å². The number of anilines is 1. The fourth-order valence-electron chi connectivity index (χ4n) is 2.27. The van der Waals surface area contributed by atoms with Gasteiger partial charge in [0.1, 0.15) is 6.42 Å². The van der Waals surface area contributed by atoms with Crippen molar-refractivity contribution in [2.75, 3.05) is 5.32 Å². The maximum absolute atomic E-state index is 11.7. The van der Waals surface area contributed by atoms with E-state index in [1.165, 1.54) is 30.0 Å². The molecule has 0 fully saturated rings. The molecule has 8 heteroatoms. The third-order valence-corrected chi connectivity index (χ3v) is 5.63. The second kappa shape index (κ2) is 8.13. The Morgan fingerprint density at radius 2 is 1.81 bits per heavy atom. The number of hydrogen-bond acceptors (Lipinski definition) is 5. The number of hydrogen-bond donors (Lipinski definition) is 2. The van der Waals surface area contributed by atoms with Crippen LogP contribution < -0.4 is 5.32 Å². The molecule has 0 bridgehead atoms. The molecule has 0 aliphatic rings. The molecule has 0 aromatic heterocycles. The molecular weight excluding hydrogens is 384 g/mol. The molecule has 1 amide bonds. The summed E-state index contributed by atoms with van der Waals surface area (Å²) < 4.78 is 32.2. The van der Waals surface area contributed by atoms with E-state index in [1.54, 1.807) is 6.07 Å². The van der Waals surface area contributed by atoms with Gasteiger partial charge in [-0.2, -0.15) is 13.7 Å². The van der Waals surface area contributed by atoms with E-state index in [0.717, 1.165) is 10.5 Å². The predicted octanol–water partition coefficient (Wildman–Crippen LogP) is 4.23. The molecule has 0 aliphatic carbocycles. The van der Waals surface area contributed by atoms with Crippen molar-refractivity contribution in [3.8, 4) is 6.07 Å². The number of nitrogens with zero attached hydrogens (tertiary/aromatic N) is 1. The molecule has 2 aromatic rings. The first-order chi connectivity index (χ1) is 12.5. The second-order valence-electron chi connectivity index (χ2n) is 6.89. The van der Waals surface area contributed by atoms with E-state index < -0.39 is 16.0 Å². The van der Waals surface area contributed by atoms with Crippen molar-refractivity contribution in [3.63, 3.8) is 0 Å². The van der Waals surface area contributed by atoms with E-state index in [0.29, 0.717) is 10.6 Å². The SMILES string of the molecule is CC(C)(C)c1ccc(Sc2cc(S(=O)(=O)O)ccc2NC(=O)CC#N)cc1. The Labute approximate surface area is 163 Å². The summed E-state index contributed by atoms with van der Waals surface area (Å²) in [5.41, 5.74) is 1.53. The smallest absolute Gasteiger partial charge is 0.294 e. The van der Waals surface area contributed by atoms with Crippen molar-refractivity contribution >= 4 is 33.5 Å². The number of amides is 1. The maximum atomic E-state index is 11.7. The minimum Gasteiger partial charge on any atom is -0.324 e. The van der Waals surface area contributed by atoms with Crippen LogP contribution in [0.5, 0.6) is 0 Å². The lowest BCUT2D eigenvalue weighted by molar-refractivity contribution is -0.115. The van der Waals surface area contributed by atoms with Crippen molar-refractivity contribution in [2.24, 2.45) is 0 Å². The summed E-state index contributed by atoms with van der Waals surface area (Å²) >= 11 is 1.25. The molecule has 0 spiro atoms. The van der Waals surface area contributed by atoms with Gasteiger partial charge in [0.2, 0.25) is 5.91 Å². The Morgan fingerprint density at radius 1 is 1.19 bits per heavy atom. The number of rotatable bonds is 5. The Bertz CT molecular complexity index is 986. The average molecular weight is 405 g/mol. The van der Waals surface area contributed by atoms with Gasteiger partial charge in [0.15, 0.2) is 0 Å². The highest BCUT2D eigenvalue weighted by molar-refractivity contribution is 7.99. The van der Waals surface area contributed by atoms with Crippen LogP contribution in [0.15, 0.2) is 57.2 Å². The van der Waals surface area contributed by atoms with Crippen molar-refractivity contribution in [2.45, 2.75) is 47.3 Å². The molecular formula is C19H20N2O4S2. The summed E-state index contributed by atoms with van der Waals surface area (Å²) in [7, 11) is -4.38. The highest BCUT2D eigenvalue weighted by Crippen LogP contribution is 2.36. The van der Waals surface area contributed by atoms with Gasteiger partial charge in [0, 0.05) is 9.79 Å². The average Bonchev–Trinajstić information content (AvgIpc) is 2.55. The molecule has 0 aliphatic heterocycles. The van der Waals surface area contributed by atoms with Gasteiger partial charge in [0.25, 0.3) is 10.1 Å². The summed E-state index contributed by atoms with van der Waals surface area (Å²) in [6.07, 6.45) is -0.315. The first-order valence-electron chi connectivity index (χ1n) is 8.07. The van der Waals surface area contributed by atoms with Crippen LogP contribution in [0.4, 0.5) is 5.69 Å². The number of benzene rings is 2. The fraction of sp³-hybridized carbons (Fsp3) is 0.263. The van der Waals surface area contributed by atoms with E-state index >= 15 is 0 Å². The molecule has 142 valence electrons. The minimum atomic E-state index is -4.38. The zero-order valence-corrected chi connectivity index (χ0v) is 16.8. The van der Waals surface area contributed by atoms with Crippen LogP contribution >= 0.6 is 11.8 Å². The van der Waals surface area contributed by atoms with E-state index in [9.17, 15) is 17.8 Å². The van der Waals surface area contributed by atoms with Gasteiger partial charge in [-0.15, -0.1) is 0 Å². The van der Waals surface area contributed by atoms with Gasteiger partial charge in [-0.1, -0.05) is 44.7 Å². The van der Waals surface area contributed by atoms with Gasteiger partial charge in [-0.3, -0.25) is 9.35 Å². The molecule has 27 heavy (non-hydrogen) atoms. The van der Waals surface area contributed by atoms with Crippen molar-refractivity contribution in [1.82, 2.24) is 0 Å². The van der Waals surface area contributed by atoms with Crippen molar-refractivity contribution < 1.29 is 17.8 Å². The molecule has 0 radical (unpaired) electrons. The highest BCUT2D eigenvalue weighted by Gasteiger charge is 2.16. The quantitative estimate of drug-likeness (QED) is 0.722. The van der Waals surface area contributed by atoms with Crippen LogP contribution in [0.2, 0.25) is 0 Å². The largest absolute Gasteiger partial charge is 0.324 e. The number of carbonyl (C=O) groups is 1. The van der Waals surface area contributed by atoms with Gasteiger partial charge < -0.3 is 5.32 Å². The maximum Gasteiger partial charge on any atom is 0.294 e. The summed E-state index contributed by atoms with van der Waals surface area (Å²) in [5.74, 6) is -0.498. The van der Waals surface area contributed by atoms with Crippen molar-refractivity contribution in [3.05, 3.63) is 48.0 Å². The summed E-state index contributed by atoms with van der Waals surface area (Å²) in [4.78, 5) is 12.8. The van der Waals surface area contributed by atoms with Gasteiger partial charge in [0.05, 0.1) is 16.7 Å². The highest BCUT2D eigenvalue weighted by atomic mass is 32.2. The minimum absolute atomic E-state index is 0.00447. The predicted molar refractivity (Wildman–Crippen MR) is 104 cm³/mol. The normalized spacial score (nSPS) is 11.7. The molecule has 2 rings (SSSR count). The topological polar surface area (TPSA) is 107 Å². The molecule has 2 N–H and O–H groups in total. The Hall–Kier alpha value is -2.34. The van der Waals surface area contributed by atoms with Crippen LogP contribution in [-0.4, -0.2) is 18.9 Å². The molecule has 0 heterocycles. The van der Waals surface area contributed by atoms with E-state index in [2.05, 4.69) is 26.1 Å². The molecule has 0 saturated carbocycles. The first-order valence-corrected chi connectivity index (χ1v) is 10.3. The summed E-state index contributed by atoms with van der Waals surface area (Å²) in [5, 5.41) is 11.2. The van der Waals surface area contributed by atoms with Crippen LogP contribution in [0.25, 0.3) is 0 Å². The second-order valence-corrected chi connectivity index (χ2v) is 9.43. The van der Waals surface area contributed by atoms with Crippen LogP contribution in [0.1, 0.15) is 32.8 Å². The number of nitrogens with one attached hydrogen (secondary N) is 1. The molecule has 0 saturated heterocycles. The zero-order chi connectivity index (χ0) is 20.2. The van der Waals surface area contributed by atoms with Crippen LogP contribution in [-0.2, 0) is 20.3 Å². The van der Waals surface area contributed by atoms with Crippen LogP contribution in [0.3, 0.4) is 0 Å². The van der Waals surface area contributed by atoms with Gasteiger partial charge >= 0.3 is 0 Å². The lowest BCUT2D eigenvalue weighted by Gasteiger charge is -2.19. The third-order valence-electron chi connectivity index (χ3n) is 3.71. The van der Waals surface area contributed by atoms with Crippen molar-refractivity contribution in [1.29, 1.82) is 5.26 Å². The first kappa shape index (κ1) is 21.0. The van der Waals surface area contributed by atoms with E-state index in [4.69, 9.17) is 5.26 Å². The summed E-state index contributed by atoms with van der Waals surface area (Å²) in [6.45, 7) is 6.31. The fourth-order valence-corrected chi connectivity index (χ4v) is 3.79. The molecule has 0 unspecified atom stereocenters. The molecule has 0 atom stereocenters. The van der Waals surface area contributed by atoms with Gasteiger partial charge in [-0.05, 0) is 41.3 Å². The number of carbonyl (C=O) groups excluding carboxylic acids is 1. The van der Waals surface area contributed by atoms with E-state index in [1.807, 2.05) is 24.3 Å². The summed E-state index contributed by atoms with van der Waals surface area (Å²) in [6, 6.07) is 13.4. The number of nitriles is 1. The molecule has 2 aromatic carbocycles. The lowest BCUT2D eigenvalue weighted by atomic mass is 9.87. The standard InChI is InChI=1S/C19H20N2O4S2/c1-19(2,3)13-4-6-14(7-5-13)26-17-12-15(27(23,24)25)8-9-16(17)21-18(22)10-11-20/h4-9,12H,10H2,1-3H3,(H,21,22)(H,23,24,25). The lowest BCUT2D eigenvalue weighted by Crippen LogP contribution is -2.11. The Morgan fingerprint density at radius 3 is 2.33 bits per heavy atom. The monoisotopic (exact) mass is 404 g/mol. The van der Waals surface area contributed by atoms with E-state index in [-0.39, 0.29) is 16.7 Å².